The van der Waals surface area contributed by atoms with Crippen LogP contribution in [-0.4, -0.2) is 22.6 Å². The van der Waals surface area contributed by atoms with Crippen molar-refractivity contribution in [2.45, 2.75) is 4.90 Å². The quantitative estimate of drug-likeness (QED) is 0.812. The van der Waals surface area contributed by atoms with Crippen molar-refractivity contribution in [2.75, 3.05) is 14.2 Å². The third kappa shape index (κ3) is 2.26. The van der Waals surface area contributed by atoms with E-state index in [2.05, 4.69) is 4.72 Å². The maximum absolute atomic E-state index is 11.4. The molecule has 6 heteroatoms. The summed E-state index contributed by atoms with van der Waals surface area (Å²) in [7, 11) is -0.782. The Bertz CT molecular complexity index is 503. The van der Waals surface area contributed by atoms with Crippen LogP contribution >= 0.6 is 0 Å². The summed E-state index contributed by atoms with van der Waals surface area (Å²) in [5.74, 6) is 0.354. The summed E-state index contributed by atoms with van der Waals surface area (Å²) < 4.78 is 29.9. The molecule has 0 atom stereocenters. The zero-order valence-corrected chi connectivity index (χ0v) is 9.13. The summed E-state index contributed by atoms with van der Waals surface area (Å²) in [6, 6.07) is 5.96. The molecule has 15 heavy (non-hydrogen) atoms. The second kappa shape index (κ2) is 4.29. The SMILES string of the molecule is CNS(=O)(=O)c1ccc(OC)c(C#N)c1. The summed E-state index contributed by atoms with van der Waals surface area (Å²) in [6.07, 6.45) is 0. The Balaban J connectivity index is 3.34. The lowest BCUT2D eigenvalue weighted by molar-refractivity contribution is 0.413. The normalized spacial score (nSPS) is 10.7. The van der Waals surface area contributed by atoms with Gasteiger partial charge in [-0.1, -0.05) is 0 Å². The summed E-state index contributed by atoms with van der Waals surface area (Å²) in [6.45, 7) is 0. The lowest BCUT2D eigenvalue weighted by Gasteiger charge is -2.05. The summed E-state index contributed by atoms with van der Waals surface area (Å²) in [4.78, 5) is 0.0438. The van der Waals surface area contributed by atoms with Crippen molar-refractivity contribution in [2.24, 2.45) is 0 Å². The number of hydrogen-bond acceptors (Lipinski definition) is 4. The van der Waals surface area contributed by atoms with Crippen LogP contribution in [0.1, 0.15) is 5.56 Å². The molecule has 80 valence electrons. The molecule has 5 nitrogen and oxygen atoms in total. The van der Waals surface area contributed by atoms with E-state index in [0.29, 0.717) is 5.75 Å². The van der Waals surface area contributed by atoms with Gasteiger partial charge in [-0.25, -0.2) is 13.1 Å². The van der Waals surface area contributed by atoms with Crippen LogP contribution in [0.5, 0.6) is 5.75 Å². The van der Waals surface area contributed by atoms with Gasteiger partial charge in [0.05, 0.1) is 17.6 Å². The second-order valence-corrected chi connectivity index (χ2v) is 4.57. The lowest BCUT2D eigenvalue weighted by atomic mass is 10.2. The number of benzene rings is 1. The molecule has 0 saturated heterocycles. The van der Waals surface area contributed by atoms with Crippen molar-refractivity contribution in [1.82, 2.24) is 4.72 Å². The molecule has 0 radical (unpaired) electrons. The molecule has 1 aromatic rings. The van der Waals surface area contributed by atoms with Gasteiger partial charge in [0.1, 0.15) is 11.8 Å². The van der Waals surface area contributed by atoms with E-state index in [1.54, 1.807) is 0 Å². The van der Waals surface area contributed by atoms with E-state index in [0.717, 1.165) is 0 Å². The molecule has 0 fully saturated rings. The van der Waals surface area contributed by atoms with Crippen LogP contribution in [0.3, 0.4) is 0 Å². The molecule has 0 aliphatic heterocycles. The van der Waals surface area contributed by atoms with E-state index in [1.165, 1.54) is 32.4 Å². The molecule has 0 heterocycles. The fourth-order valence-corrected chi connectivity index (χ4v) is 1.82. The van der Waals surface area contributed by atoms with Crippen molar-refractivity contribution in [1.29, 1.82) is 5.26 Å². The molecule has 1 aromatic carbocycles. The highest BCUT2D eigenvalue weighted by atomic mass is 32.2. The smallest absolute Gasteiger partial charge is 0.240 e. The lowest BCUT2D eigenvalue weighted by Crippen LogP contribution is -2.18. The zero-order chi connectivity index (χ0) is 11.5. The summed E-state index contributed by atoms with van der Waals surface area (Å²) >= 11 is 0. The molecule has 0 bridgehead atoms. The zero-order valence-electron chi connectivity index (χ0n) is 8.31. The van der Waals surface area contributed by atoms with Crippen LogP contribution < -0.4 is 9.46 Å². The molecular formula is C9H10N2O3S. The average Bonchev–Trinajstić information content (AvgIpc) is 2.28. The van der Waals surface area contributed by atoms with Gasteiger partial charge in [0.25, 0.3) is 0 Å². The van der Waals surface area contributed by atoms with E-state index in [-0.39, 0.29) is 10.5 Å². The van der Waals surface area contributed by atoms with Gasteiger partial charge in [-0.05, 0) is 25.2 Å². The number of nitriles is 1. The van der Waals surface area contributed by atoms with E-state index >= 15 is 0 Å². The Morgan fingerprint density at radius 2 is 2.13 bits per heavy atom. The van der Waals surface area contributed by atoms with Crippen molar-refractivity contribution < 1.29 is 13.2 Å². The van der Waals surface area contributed by atoms with Crippen LogP contribution in [0.15, 0.2) is 23.1 Å². The molecule has 1 rings (SSSR count). The number of rotatable bonds is 3. The largest absolute Gasteiger partial charge is 0.495 e. The second-order valence-electron chi connectivity index (χ2n) is 2.68. The highest BCUT2D eigenvalue weighted by Gasteiger charge is 2.13. The van der Waals surface area contributed by atoms with Crippen molar-refractivity contribution in [3.05, 3.63) is 23.8 Å². The molecule has 0 spiro atoms. The van der Waals surface area contributed by atoms with Crippen LogP contribution in [0.2, 0.25) is 0 Å². The molecule has 0 saturated carbocycles. The highest BCUT2D eigenvalue weighted by Crippen LogP contribution is 2.21. The first-order valence-corrected chi connectivity index (χ1v) is 5.55. The highest BCUT2D eigenvalue weighted by molar-refractivity contribution is 7.89. The van der Waals surface area contributed by atoms with E-state index in [9.17, 15) is 8.42 Å². The molecule has 0 aliphatic rings. The number of nitrogens with one attached hydrogen (secondary N) is 1. The third-order valence-electron chi connectivity index (χ3n) is 1.87. The van der Waals surface area contributed by atoms with Crippen molar-refractivity contribution in [3.8, 4) is 11.8 Å². The summed E-state index contributed by atoms with van der Waals surface area (Å²) in [5.41, 5.74) is 0.189. The predicted molar refractivity (Wildman–Crippen MR) is 54.0 cm³/mol. The van der Waals surface area contributed by atoms with E-state index in [1.807, 2.05) is 6.07 Å². The maximum Gasteiger partial charge on any atom is 0.240 e. The maximum atomic E-state index is 11.4. The molecule has 0 unspecified atom stereocenters. The molecular weight excluding hydrogens is 216 g/mol. The topological polar surface area (TPSA) is 79.2 Å². The number of hydrogen-bond donors (Lipinski definition) is 1. The van der Waals surface area contributed by atoms with Crippen LogP contribution in [0.4, 0.5) is 0 Å². The van der Waals surface area contributed by atoms with Gasteiger partial charge in [-0.2, -0.15) is 5.26 Å². The van der Waals surface area contributed by atoms with Gasteiger partial charge in [0, 0.05) is 0 Å². The number of sulfonamides is 1. The van der Waals surface area contributed by atoms with Gasteiger partial charge in [0.2, 0.25) is 10.0 Å². The van der Waals surface area contributed by atoms with Gasteiger partial charge in [0.15, 0.2) is 0 Å². The number of ether oxygens (including phenoxy) is 1. The Labute approximate surface area is 88.3 Å². The summed E-state index contributed by atoms with van der Waals surface area (Å²) in [5, 5.41) is 8.77. The molecule has 1 N–H and O–H groups in total. The van der Waals surface area contributed by atoms with Crippen LogP contribution in [0, 0.1) is 11.3 Å². The average molecular weight is 226 g/mol. The van der Waals surface area contributed by atoms with Gasteiger partial charge in [-0.15, -0.1) is 0 Å². The number of nitrogens with zero attached hydrogens (tertiary/aromatic N) is 1. The van der Waals surface area contributed by atoms with Gasteiger partial charge >= 0.3 is 0 Å². The Hall–Kier alpha value is -1.58. The molecule has 0 aliphatic carbocycles. The van der Waals surface area contributed by atoms with Crippen LogP contribution in [-0.2, 0) is 10.0 Å². The van der Waals surface area contributed by atoms with Crippen molar-refractivity contribution in [3.63, 3.8) is 0 Å². The molecule has 0 amide bonds. The fourth-order valence-electron chi connectivity index (χ4n) is 1.06. The standard InChI is InChI=1S/C9H10N2O3S/c1-11-15(12,13)8-3-4-9(14-2)7(5-8)6-10/h3-5,11H,1-2H3. The predicted octanol–water partition coefficient (Wildman–Crippen LogP) is 0.475. The van der Waals surface area contributed by atoms with Crippen LogP contribution in [0.25, 0.3) is 0 Å². The minimum Gasteiger partial charge on any atom is -0.495 e. The number of methoxy groups -OCH3 is 1. The monoisotopic (exact) mass is 226 g/mol. The minimum atomic E-state index is -3.51. The first kappa shape index (κ1) is 11.5. The van der Waals surface area contributed by atoms with E-state index in [4.69, 9.17) is 10.00 Å². The van der Waals surface area contributed by atoms with Crippen molar-refractivity contribution >= 4 is 10.0 Å². The first-order chi connectivity index (χ1) is 7.05. The minimum absolute atomic E-state index is 0.0438. The first-order valence-electron chi connectivity index (χ1n) is 4.07. The fraction of sp³-hybridized carbons (Fsp3) is 0.222. The Morgan fingerprint density at radius 3 is 2.60 bits per heavy atom. The van der Waals surface area contributed by atoms with E-state index < -0.39 is 10.0 Å². The Morgan fingerprint density at radius 1 is 1.47 bits per heavy atom. The Kier molecular flexibility index (Phi) is 3.29. The molecule has 0 aromatic heterocycles. The van der Waals surface area contributed by atoms with Gasteiger partial charge in [-0.3, -0.25) is 0 Å². The van der Waals surface area contributed by atoms with Gasteiger partial charge < -0.3 is 4.74 Å². The third-order valence-corrected chi connectivity index (χ3v) is 3.28.